The summed E-state index contributed by atoms with van der Waals surface area (Å²) in [6.07, 6.45) is 3.49. The Morgan fingerprint density at radius 2 is 1.46 bits per heavy atom. The van der Waals surface area contributed by atoms with E-state index in [2.05, 4.69) is 15.8 Å². The number of carbonyl (C=O) groups is 4. The number of benzene rings is 2. The van der Waals surface area contributed by atoms with E-state index in [1.54, 1.807) is 62.6 Å². The minimum absolute atomic E-state index is 0.300. The average Bonchev–Trinajstić information content (AvgIpc) is 3.33. The third-order valence-corrected chi connectivity index (χ3v) is 7.33. The smallest absolute Gasteiger partial charge is 0.343 e. The monoisotopic (exact) mass is 549 g/mol. The van der Waals surface area contributed by atoms with Crippen LogP contribution in [-0.2, 0) is 27.2 Å². The van der Waals surface area contributed by atoms with Gasteiger partial charge in [-0.1, -0.05) is 0 Å². The molecule has 1 aliphatic rings. The van der Waals surface area contributed by atoms with Crippen LogP contribution in [0.15, 0.2) is 53.6 Å². The van der Waals surface area contributed by atoms with Crippen molar-refractivity contribution >= 4 is 45.8 Å². The van der Waals surface area contributed by atoms with Gasteiger partial charge in [0.05, 0.1) is 31.1 Å². The molecule has 0 spiro atoms. The molecule has 10 nitrogen and oxygen atoms in total. The maximum absolute atomic E-state index is 12.5. The van der Waals surface area contributed by atoms with Gasteiger partial charge in [-0.15, -0.1) is 11.3 Å². The Labute approximate surface area is 229 Å². The number of anilines is 1. The number of hydrogen-bond acceptors (Lipinski definition) is 9. The number of ether oxygens (including phenoxy) is 3. The molecule has 0 saturated carbocycles. The second-order valence-corrected chi connectivity index (χ2v) is 9.75. The van der Waals surface area contributed by atoms with Gasteiger partial charge in [0.15, 0.2) is 0 Å². The normalized spacial score (nSPS) is 12.6. The highest BCUT2D eigenvalue weighted by molar-refractivity contribution is 7.17. The van der Waals surface area contributed by atoms with E-state index in [0.717, 1.165) is 36.1 Å². The molecule has 0 atom stereocenters. The Hall–Kier alpha value is -4.51. The van der Waals surface area contributed by atoms with Crippen molar-refractivity contribution in [2.45, 2.75) is 32.6 Å². The summed E-state index contributed by atoms with van der Waals surface area (Å²) < 4.78 is 15.4. The first-order valence-corrected chi connectivity index (χ1v) is 13.0. The van der Waals surface area contributed by atoms with E-state index in [1.165, 1.54) is 18.4 Å². The van der Waals surface area contributed by atoms with Crippen LogP contribution in [0.5, 0.6) is 11.5 Å². The molecule has 1 aliphatic carbocycles. The van der Waals surface area contributed by atoms with Crippen molar-refractivity contribution in [3.63, 3.8) is 0 Å². The molecule has 0 fully saturated rings. The summed E-state index contributed by atoms with van der Waals surface area (Å²) in [5.41, 5.74) is 4.85. The van der Waals surface area contributed by atoms with Crippen molar-refractivity contribution in [2.24, 2.45) is 5.10 Å². The van der Waals surface area contributed by atoms with E-state index in [9.17, 15) is 19.2 Å². The van der Waals surface area contributed by atoms with Crippen molar-refractivity contribution in [1.82, 2.24) is 5.43 Å². The van der Waals surface area contributed by atoms with E-state index in [4.69, 9.17) is 14.2 Å². The van der Waals surface area contributed by atoms with E-state index >= 15 is 0 Å². The zero-order valence-corrected chi connectivity index (χ0v) is 22.5. The zero-order valence-electron chi connectivity index (χ0n) is 21.7. The molecule has 0 radical (unpaired) electrons. The number of nitrogens with zero attached hydrogens (tertiary/aromatic N) is 1. The molecule has 0 aliphatic heterocycles. The van der Waals surface area contributed by atoms with Gasteiger partial charge in [0.2, 0.25) is 0 Å². The summed E-state index contributed by atoms with van der Waals surface area (Å²) in [6.45, 7) is 1.65. The van der Waals surface area contributed by atoms with Gasteiger partial charge in [-0.3, -0.25) is 9.59 Å². The van der Waals surface area contributed by atoms with Gasteiger partial charge in [-0.25, -0.2) is 15.0 Å². The molecule has 2 amide bonds. The van der Waals surface area contributed by atoms with Gasteiger partial charge in [0.25, 0.3) is 0 Å². The molecule has 1 heterocycles. The summed E-state index contributed by atoms with van der Waals surface area (Å²) in [5.74, 6) is -2.03. The first kappa shape index (κ1) is 27.5. The quantitative estimate of drug-likeness (QED) is 0.149. The van der Waals surface area contributed by atoms with Gasteiger partial charge in [0.1, 0.15) is 16.5 Å². The largest absolute Gasteiger partial charge is 0.497 e. The van der Waals surface area contributed by atoms with Crippen molar-refractivity contribution in [3.8, 4) is 11.5 Å². The highest BCUT2D eigenvalue weighted by atomic mass is 32.1. The predicted octanol–water partition coefficient (Wildman–Crippen LogP) is 4.12. The second kappa shape index (κ2) is 12.4. The molecule has 0 bridgehead atoms. The lowest BCUT2D eigenvalue weighted by molar-refractivity contribution is -0.136. The SMILES string of the molecule is COC(=O)c1c(NC(=O)C(=O)N/N=C(\C)c2ccc(OC(=O)c3ccc(OC)cc3)cc2)sc2c1CCCC2. The molecule has 39 heavy (non-hydrogen) atoms. The van der Waals surface area contributed by atoms with Crippen LogP contribution in [0.4, 0.5) is 5.00 Å². The number of hydrazone groups is 1. The van der Waals surface area contributed by atoms with Gasteiger partial charge < -0.3 is 19.5 Å². The van der Waals surface area contributed by atoms with Crippen LogP contribution in [0.3, 0.4) is 0 Å². The molecule has 2 aromatic carbocycles. The highest BCUT2D eigenvalue weighted by Crippen LogP contribution is 2.38. The Morgan fingerprint density at radius 3 is 2.13 bits per heavy atom. The fourth-order valence-electron chi connectivity index (χ4n) is 4.04. The lowest BCUT2D eigenvalue weighted by Crippen LogP contribution is -2.33. The maximum atomic E-state index is 12.5. The molecule has 1 aromatic heterocycles. The fraction of sp³-hybridized carbons (Fsp3) is 0.250. The van der Waals surface area contributed by atoms with Gasteiger partial charge in [0, 0.05) is 4.88 Å². The molecular formula is C28H27N3O7S. The van der Waals surface area contributed by atoms with Crippen LogP contribution < -0.4 is 20.2 Å². The van der Waals surface area contributed by atoms with Crippen LogP contribution in [0.2, 0.25) is 0 Å². The summed E-state index contributed by atoms with van der Waals surface area (Å²) >= 11 is 1.29. The predicted molar refractivity (Wildman–Crippen MR) is 146 cm³/mol. The third kappa shape index (κ3) is 6.50. The summed E-state index contributed by atoms with van der Waals surface area (Å²) in [5, 5.41) is 6.83. The van der Waals surface area contributed by atoms with Crippen molar-refractivity contribution in [1.29, 1.82) is 0 Å². The van der Waals surface area contributed by atoms with Crippen molar-refractivity contribution < 1.29 is 33.4 Å². The van der Waals surface area contributed by atoms with E-state index in [-0.39, 0.29) is 0 Å². The number of amides is 2. The summed E-state index contributed by atoms with van der Waals surface area (Å²) in [6, 6.07) is 13.1. The molecule has 0 unspecified atom stereocenters. The number of rotatable bonds is 7. The molecule has 2 N–H and O–H groups in total. The van der Waals surface area contributed by atoms with Crippen LogP contribution in [0.1, 0.15) is 56.5 Å². The lowest BCUT2D eigenvalue weighted by Gasteiger charge is -2.11. The Kier molecular flexibility index (Phi) is 8.72. The Balaban J connectivity index is 1.36. The number of thiophene rings is 1. The van der Waals surface area contributed by atoms with Gasteiger partial charge in [-0.05, 0) is 92.3 Å². The highest BCUT2D eigenvalue weighted by Gasteiger charge is 2.28. The number of methoxy groups -OCH3 is 2. The number of hydrogen-bond donors (Lipinski definition) is 2. The molecule has 11 heteroatoms. The minimum atomic E-state index is -0.985. The Bertz CT molecular complexity index is 1430. The van der Waals surface area contributed by atoms with Crippen LogP contribution in [0, 0.1) is 0 Å². The van der Waals surface area contributed by atoms with Crippen LogP contribution in [-0.4, -0.2) is 43.7 Å². The van der Waals surface area contributed by atoms with Crippen LogP contribution >= 0.6 is 11.3 Å². The van der Waals surface area contributed by atoms with Crippen LogP contribution in [0.25, 0.3) is 0 Å². The van der Waals surface area contributed by atoms with E-state index in [0.29, 0.717) is 38.9 Å². The molecule has 0 saturated heterocycles. The minimum Gasteiger partial charge on any atom is -0.497 e. The van der Waals surface area contributed by atoms with Crippen molar-refractivity contribution in [2.75, 3.05) is 19.5 Å². The number of nitrogens with one attached hydrogen (secondary N) is 2. The number of esters is 2. The second-order valence-electron chi connectivity index (χ2n) is 8.64. The lowest BCUT2D eigenvalue weighted by atomic mass is 9.95. The summed E-state index contributed by atoms with van der Waals surface area (Å²) in [4.78, 5) is 50.7. The zero-order chi connectivity index (χ0) is 27.9. The molecule has 202 valence electrons. The average molecular weight is 550 g/mol. The third-order valence-electron chi connectivity index (χ3n) is 6.13. The molecular weight excluding hydrogens is 522 g/mol. The molecule has 3 aromatic rings. The van der Waals surface area contributed by atoms with Gasteiger partial charge >= 0.3 is 23.8 Å². The topological polar surface area (TPSA) is 132 Å². The summed E-state index contributed by atoms with van der Waals surface area (Å²) in [7, 11) is 2.82. The fourth-order valence-corrected chi connectivity index (χ4v) is 5.31. The number of carbonyl (C=O) groups excluding carboxylic acids is 4. The first-order chi connectivity index (χ1) is 18.8. The first-order valence-electron chi connectivity index (χ1n) is 12.2. The standard InChI is InChI=1S/C28H27N3O7S/c1-16(17-8-14-20(15-9-17)38-27(34)18-10-12-19(36-2)13-11-18)30-31-25(33)24(32)29-26-23(28(35)37-3)21-6-4-5-7-22(21)39-26/h8-15H,4-7H2,1-3H3,(H,29,32)(H,31,33)/b30-16+. The molecule has 4 rings (SSSR count). The number of aryl methyl sites for hydroxylation is 1. The van der Waals surface area contributed by atoms with Crippen molar-refractivity contribution in [3.05, 3.63) is 75.7 Å². The maximum Gasteiger partial charge on any atom is 0.343 e. The van der Waals surface area contributed by atoms with E-state index < -0.39 is 23.8 Å². The number of fused-ring (bicyclic) bond motifs is 1. The van der Waals surface area contributed by atoms with E-state index in [1.807, 2.05) is 0 Å². The van der Waals surface area contributed by atoms with Gasteiger partial charge in [-0.2, -0.15) is 5.10 Å². The Morgan fingerprint density at radius 1 is 0.821 bits per heavy atom.